The van der Waals surface area contributed by atoms with Crippen molar-refractivity contribution in [2.75, 3.05) is 31.6 Å². The Morgan fingerprint density at radius 1 is 1.14 bits per heavy atom. The molecule has 2 aromatic heterocycles. The van der Waals surface area contributed by atoms with Crippen LogP contribution in [0.5, 0.6) is 0 Å². The van der Waals surface area contributed by atoms with Crippen LogP contribution in [0.4, 0.5) is 5.95 Å². The minimum atomic E-state index is 0.0587. The second kappa shape index (κ2) is 5.23. The van der Waals surface area contributed by atoms with Crippen LogP contribution in [0.3, 0.4) is 0 Å². The first kappa shape index (κ1) is 14.2. The topological polar surface area (TPSA) is 63.0 Å². The number of hydrogen-bond acceptors (Lipinski definition) is 6. The Morgan fingerprint density at radius 3 is 2.57 bits per heavy atom. The van der Waals surface area contributed by atoms with E-state index in [-0.39, 0.29) is 10.8 Å². The number of anilines is 1. The van der Waals surface area contributed by atoms with Crippen LogP contribution in [0.2, 0.25) is 5.28 Å². The van der Waals surface area contributed by atoms with Crippen molar-refractivity contribution >= 4 is 17.5 Å². The summed E-state index contributed by atoms with van der Waals surface area (Å²) in [4.78, 5) is 17.4. The third-order valence-electron chi connectivity index (χ3n) is 3.89. The van der Waals surface area contributed by atoms with E-state index in [1.54, 1.807) is 17.1 Å². The molecule has 0 N–H and O–H groups in total. The van der Waals surface area contributed by atoms with Gasteiger partial charge in [-0.15, -0.1) is 0 Å². The summed E-state index contributed by atoms with van der Waals surface area (Å²) in [6.45, 7) is 7.06. The average molecular weight is 308 g/mol. The van der Waals surface area contributed by atoms with Gasteiger partial charge in [-0.2, -0.15) is 20.1 Å². The maximum absolute atomic E-state index is 6.05. The summed E-state index contributed by atoms with van der Waals surface area (Å²) >= 11 is 6.05. The number of piperazine rings is 1. The Morgan fingerprint density at radius 2 is 1.90 bits per heavy atom. The molecular formula is C13H18ClN7. The van der Waals surface area contributed by atoms with Gasteiger partial charge < -0.3 is 4.90 Å². The van der Waals surface area contributed by atoms with Gasteiger partial charge in [0.05, 0.1) is 0 Å². The molecule has 3 rings (SSSR count). The molecule has 0 aliphatic carbocycles. The Balaban J connectivity index is 1.92. The van der Waals surface area contributed by atoms with Crippen molar-refractivity contribution in [3.8, 4) is 5.95 Å². The molecule has 1 saturated heterocycles. The van der Waals surface area contributed by atoms with Crippen LogP contribution in [0.1, 0.15) is 13.8 Å². The second-order valence-electron chi connectivity index (χ2n) is 5.81. The predicted octanol–water partition coefficient (Wildman–Crippen LogP) is 1.24. The molecule has 1 aliphatic rings. The molecule has 1 aliphatic heterocycles. The Kier molecular flexibility index (Phi) is 3.54. The minimum absolute atomic E-state index is 0.0587. The zero-order valence-electron chi connectivity index (χ0n) is 12.4. The molecule has 21 heavy (non-hydrogen) atoms. The fourth-order valence-corrected chi connectivity index (χ4v) is 2.52. The lowest BCUT2D eigenvalue weighted by atomic mass is 10.0. The number of rotatable bonds is 2. The smallest absolute Gasteiger partial charge is 0.256 e. The molecule has 8 heteroatoms. The van der Waals surface area contributed by atoms with Crippen LogP contribution < -0.4 is 4.90 Å². The molecule has 0 unspecified atom stereocenters. The van der Waals surface area contributed by atoms with Crippen molar-refractivity contribution < 1.29 is 0 Å². The summed E-state index contributed by atoms with van der Waals surface area (Å²) in [5.41, 5.74) is 0.0587. The van der Waals surface area contributed by atoms with Gasteiger partial charge in [0.15, 0.2) is 0 Å². The highest BCUT2D eigenvalue weighted by Crippen LogP contribution is 2.23. The van der Waals surface area contributed by atoms with Gasteiger partial charge in [-0.25, -0.2) is 4.68 Å². The summed E-state index contributed by atoms with van der Waals surface area (Å²) in [7, 11) is 2.13. The fourth-order valence-electron chi connectivity index (χ4n) is 2.37. The molecule has 0 radical (unpaired) electrons. The first-order chi connectivity index (χ1) is 9.95. The van der Waals surface area contributed by atoms with Crippen molar-refractivity contribution in [3.05, 3.63) is 23.7 Å². The lowest BCUT2D eigenvalue weighted by molar-refractivity contribution is 0.138. The molecule has 1 fully saturated rings. The van der Waals surface area contributed by atoms with E-state index in [0.29, 0.717) is 11.9 Å². The van der Waals surface area contributed by atoms with Crippen LogP contribution in [-0.2, 0) is 0 Å². The summed E-state index contributed by atoms with van der Waals surface area (Å²) < 4.78 is 1.58. The van der Waals surface area contributed by atoms with Crippen LogP contribution >= 0.6 is 11.6 Å². The molecule has 0 bridgehead atoms. The summed E-state index contributed by atoms with van der Waals surface area (Å²) in [6.07, 6.45) is 3.46. The Hall–Kier alpha value is -1.73. The van der Waals surface area contributed by atoms with Gasteiger partial charge in [-0.3, -0.25) is 4.90 Å². The molecule has 0 aromatic carbocycles. The van der Waals surface area contributed by atoms with Gasteiger partial charge in [0.25, 0.3) is 5.95 Å². The van der Waals surface area contributed by atoms with Crippen molar-refractivity contribution in [1.82, 2.24) is 29.6 Å². The van der Waals surface area contributed by atoms with Gasteiger partial charge in [0, 0.05) is 37.6 Å². The standard InChI is InChI=1S/C13H18ClN7/c1-13(2)9-20(8-7-19(13)3)11-16-10(14)17-12(18-11)21-6-4-5-15-21/h4-6H,7-9H2,1-3H3. The van der Waals surface area contributed by atoms with Crippen LogP contribution in [0.25, 0.3) is 5.95 Å². The van der Waals surface area contributed by atoms with Gasteiger partial charge in [-0.05, 0) is 38.6 Å². The van der Waals surface area contributed by atoms with Gasteiger partial charge in [-0.1, -0.05) is 0 Å². The van der Waals surface area contributed by atoms with Crippen LogP contribution in [0, 0.1) is 0 Å². The highest BCUT2D eigenvalue weighted by molar-refractivity contribution is 6.28. The first-order valence-electron chi connectivity index (χ1n) is 6.83. The van der Waals surface area contributed by atoms with E-state index in [2.05, 4.69) is 50.7 Å². The summed E-state index contributed by atoms with van der Waals surface area (Å²) in [6, 6.07) is 1.82. The maximum atomic E-state index is 6.05. The van der Waals surface area contributed by atoms with E-state index < -0.39 is 0 Å². The molecule has 2 aromatic rings. The van der Waals surface area contributed by atoms with E-state index >= 15 is 0 Å². The van der Waals surface area contributed by atoms with E-state index in [1.165, 1.54) is 0 Å². The third-order valence-corrected chi connectivity index (χ3v) is 4.06. The largest absolute Gasteiger partial charge is 0.338 e. The number of halogens is 1. The van der Waals surface area contributed by atoms with Crippen molar-refractivity contribution in [1.29, 1.82) is 0 Å². The van der Waals surface area contributed by atoms with Gasteiger partial charge in [0.2, 0.25) is 11.2 Å². The summed E-state index contributed by atoms with van der Waals surface area (Å²) in [5.74, 6) is 1.04. The van der Waals surface area contributed by atoms with Gasteiger partial charge >= 0.3 is 0 Å². The molecule has 0 atom stereocenters. The fraction of sp³-hybridized carbons (Fsp3) is 0.538. The molecule has 7 nitrogen and oxygen atoms in total. The summed E-state index contributed by atoms with van der Waals surface area (Å²) in [5, 5.41) is 4.32. The number of likely N-dealkylation sites (N-methyl/N-ethyl adjacent to an activating group) is 1. The maximum Gasteiger partial charge on any atom is 0.256 e. The van der Waals surface area contributed by atoms with Gasteiger partial charge in [0.1, 0.15) is 0 Å². The van der Waals surface area contributed by atoms with E-state index in [0.717, 1.165) is 19.6 Å². The highest BCUT2D eigenvalue weighted by Gasteiger charge is 2.32. The van der Waals surface area contributed by atoms with Crippen molar-refractivity contribution in [2.24, 2.45) is 0 Å². The Bertz CT molecular complexity index is 625. The van der Waals surface area contributed by atoms with Crippen molar-refractivity contribution in [2.45, 2.75) is 19.4 Å². The van der Waals surface area contributed by atoms with Crippen LogP contribution in [0.15, 0.2) is 18.5 Å². The van der Waals surface area contributed by atoms with E-state index in [9.17, 15) is 0 Å². The highest BCUT2D eigenvalue weighted by atomic mass is 35.5. The van der Waals surface area contributed by atoms with Crippen molar-refractivity contribution in [3.63, 3.8) is 0 Å². The number of aromatic nitrogens is 5. The molecule has 3 heterocycles. The molecule has 0 spiro atoms. The lowest BCUT2D eigenvalue weighted by Gasteiger charge is -2.45. The lowest BCUT2D eigenvalue weighted by Crippen LogP contribution is -2.58. The molecule has 112 valence electrons. The molecular weight excluding hydrogens is 290 g/mol. The monoisotopic (exact) mass is 307 g/mol. The third kappa shape index (κ3) is 2.84. The average Bonchev–Trinajstić information content (AvgIpc) is 2.95. The molecule has 0 amide bonds. The number of nitrogens with zero attached hydrogens (tertiary/aromatic N) is 7. The van der Waals surface area contributed by atoms with E-state index in [1.807, 2.05) is 6.07 Å². The quantitative estimate of drug-likeness (QED) is 0.832. The minimum Gasteiger partial charge on any atom is -0.338 e. The zero-order chi connectivity index (χ0) is 15.0. The predicted molar refractivity (Wildman–Crippen MR) is 80.9 cm³/mol. The Labute approximate surface area is 128 Å². The first-order valence-corrected chi connectivity index (χ1v) is 7.21. The SMILES string of the molecule is CN1CCN(c2nc(Cl)nc(-n3cccn3)n2)CC1(C)C. The molecule has 0 saturated carbocycles. The van der Waals surface area contributed by atoms with Crippen LogP contribution in [-0.4, -0.2) is 61.9 Å². The normalized spacial score (nSPS) is 19.0. The number of hydrogen-bond donors (Lipinski definition) is 0. The van der Waals surface area contributed by atoms with E-state index in [4.69, 9.17) is 11.6 Å². The zero-order valence-corrected chi connectivity index (χ0v) is 13.1. The second-order valence-corrected chi connectivity index (χ2v) is 6.15.